The van der Waals surface area contributed by atoms with Crippen LogP contribution in [0.4, 0.5) is 10.1 Å². The zero-order valence-corrected chi connectivity index (χ0v) is 16.6. The molecule has 27 heavy (non-hydrogen) atoms. The first-order valence-electron chi connectivity index (χ1n) is 9.09. The molecule has 5 nitrogen and oxygen atoms in total. The summed E-state index contributed by atoms with van der Waals surface area (Å²) >= 11 is 1.74. The van der Waals surface area contributed by atoms with Crippen molar-refractivity contribution in [2.45, 2.75) is 25.4 Å². The van der Waals surface area contributed by atoms with Gasteiger partial charge in [-0.15, -0.1) is 11.3 Å². The van der Waals surface area contributed by atoms with Crippen molar-refractivity contribution < 1.29 is 13.9 Å². The van der Waals surface area contributed by atoms with Gasteiger partial charge in [0.15, 0.2) is 0 Å². The standard InChI is InChI=1S/C20H26FN3O2S/c1-15-6-11-27-18(15)13-24-9-7-20(14-24,19(25)22-8-10-26-2)23-17-5-3-4-16(21)12-17/h3-6,11-12,23H,7-10,13-14H2,1-2H3,(H,22,25). The number of thiophene rings is 1. The van der Waals surface area contributed by atoms with Crippen molar-refractivity contribution in [3.8, 4) is 0 Å². The largest absolute Gasteiger partial charge is 0.383 e. The number of ether oxygens (including phenoxy) is 1. The van der Waals surface area contributed by atoms with Crippen LogP contribution in [0.1, 0.15) is 16.9 Å². The number of aryl methyl sites for hydroxylation is 1. The second-order valence-corrected chi connectivity index (χ2v) is 7.95. The first-order chi connectivity index (χ1) is 13.0. The molecule has 0 radical (unpaired) electrons. The smallest absolute Gasteiger partial charge is 0.247 e. The zero-order chi connectivity index (χ0) is 19.3. The fourth-order valence-corrected chi connectivity index (χ4v) is 4.36. The van der Waals surface area contributed by atoms with E-state index in [0.717, 1.165) is 13.1 Å². The number of nitrogens with one attached hydrogen (secondary N) is 2. The lowest BCUT2D eigenvalue weighted by Gasteiger charge is -2.30. The summed E-state index contributed by atoms with van der Waals surface area (Å²) in [4.78, 5) is 16.6. The van der Waals surface area contributed by atoms with E-state index in [-0.39, 0.29) is 11.7 Å². The number of carbonyl (C=O) groups is 1. The first kappa shape index (κ1) is 19.8. The Morgan fingerprint density at radius 3 is 2.96 bits per heavy atom. The summed E-state index contributed by atoms with van der Waals surface area (Å²) in [7, 11) is 1.60. The molecule has 2 heterocycles. The molecule has 0 aliphatic carbocycles. The third kappa shape index (κ3) is 4.86. The molecular weight excluding hydrogens is 365 g/mol. The molecule has 3 rings (SSSR count). The number of carbonyl (C=O) groups excluding carboxylic acids is 1. The highest BCUT2D eigenvalue weighted by molar-refractivity contribution is 7.10. The minimum Gasteiger partial charge on any atom is -0.383 e. The van der Waals surface area contributed by atoms with E-state index in [1.165, 1.54) is 22.6 Å². The number of halogens is 1. The maximum absolute atomic E-state index is 13.6. The summed E-state index contributed by atoms with van der Waals surface area (Å²) in [5, 5.41) is 8.36. The van der Waals surface area contributed by atoms with Gasteiger partial charge < -0.3 is 15.4 Å². The normalized spacial score (nSPS) is 20.0. The zero-order valence-electron chi connectivity index (χ0n) is 15.8. The van der Waals surface area contributed by atoms with Crippen LogP contribution in [0.15, 0.2) is 35.7 Å². The maximum atomic E-state index is 13.6. The Kier molecular flexibility index (Phi) is 6.46. The van der Waals surface area contributed by atoms with Gasteiger partial charge in [-0.3, -0.25) is 9.69 Å². The summed E-state index contributed by atoms with van der Waals surface area (Å²) in [5.74, 6) is -0.395. The van der Waals surface area contributed by atoms with E-state index in [1.807, 2.05) is 0 Å². The van der Waals surface area contributed by atoms with Crippen molar-refractivity contribution in [3.63, 3.8) is 0 Å². The van der Waals surface area contributed by atoms with Crippen molar-refractivity contribution in [1.29, 1.82) is 0 Å². The Morgan fingerprint density at radius 2 is 2.26 bits per heavy atom. The molecule has 2 N–H and O–H groups in total. The average Bonchev–Trinajstić information content (AvgIpc) is 3.23. The van der Waals surface area contributed by atoms with Gasteiger partial charge in [0.1, 0.15) is 11.4 Å². The highest BCUT2D eigenvalue weighted by Crippen LogP contribution is 2.29. The molecule has 1 fully saturated rings. The molecule has 1 aliphatic heterocycles. The summed E-state index contributed by atoms with van der Waals surface area (Å²) in [5.41, 5.74) is 1.11. The summed E-state index contributed by atoms with van der Waals surface area (Å²) in [6, 6.07) is 8.38. The number of benzene rings is 1. The molecule has 1 aromatic carbocycles. The quantitative estimate of drug-likeness (QED) is 0.680. The van der Waals surface area contributed by atoms with Gasteiger partial charge in [-0.05, 0) is 48.6 Å². The fraction of sp³-hybridized carbons (Fsp3) is 0.450. The van der Waals surface area contributed by atoms with Gasteiger partial charge in [0.05, 0.1) is 6.61 Å². The third-order valence-electron chi connectivity index (χ3n) is 4.92. The first-order valence-corrected chi connectivity index (χ1v) is 9.97. The van der Waals surface area contributed by atoms with Crippen LogP contribution in [-0.4, -0.2) is 49.7 Å². The number of anilines is 1. The van der Waals surface area contributed by atoms with Gasteiger partial charge in [0, 0.05) is 43.9 Å². The molecule has 2 aromatic rings. The highest BCUT2D eigenvalue weighted by Gasteiger charge is 2.44. The molecule has 0 bridgehead atoms. The molecule has 1 aromatic heterocycles. The molecule has 1 aliphatic rings. The topological polar surface area (TPSA) is 53.6 Å². The predicted octanol–water partition coefficient (Wildman–Crippen LogP) is 3.01. The number of hydrogen-bond donors (Lipinski definition) is 2. The molecule has 0 saturated carbocycles. The Hall–Kier alpha value is -1.96. The van der Waals surface area contributed by atoms with Crippen LogP contribution in [-0.2, 0) is 16.1 Å². The van der Waals surface area contributed by atoms with Crippen LogP contribution in [0.25, 0.3) is 0 Å². The molecule has 1 atom stereocenters. The second-order valence-electron chi connectivity index (χ2n) is 6.95. The lowest BCUT2D eigenvalue weighted by Crippen LogP contribution is -2.54. The third-order valence-corrected chi connectivity index (χ3v) is 5.93. The molecular formula is C20H26FN3O2S. The van der Waals surface area contributed by atoms with Crippen molar-refractivity contribution >= 4 is 22.9 Å². The molecule has 0 spiro atoms. The van der Waals surface area contributed by atoms with Crippen LogP contribution >= 0.6 is 11.3 Å². The van der Waals surface area contributed by atoms with E-state index in [1.54, 1.807) is 30.6 Å². The Bertz CT molecular complexity index is 782. The lowest BCUT2D eigenvalue weighted by molar-refractivity contribution is -0.125. The second kappa shape index (κ2) is 8.82. The van der Waals surface area contributed by atoms with Crippen LogP contribution in [0, 0.1) is 12.7 Å². The van der Waals surface area contributed by atoms with Crippen LogP contribution < -0.4 is 10.6 Å². The monoisotopic (exact) mass is 391 g/mol. The summed E-state index contributed by atoms with van der Waals surface area (Å²) < 4.78 is 18.7. The SMILES string of the molecule is COCCNC(=O)C1(Nc2cccc(F)c2)CCN(Cc2sccc2C)C1. The van der Waals surface area contributed by atoms with Gasteiger partial charge in [0.2, 0.25) is 5.91 Å². The Balaban J connectivity index is 1.76. The van der Waals surface area contributed by atoms with Gasteiger partial charge in [-0.1, -0.05) is 6.07 Å². The Morgan fingerprint density at radius 1 is 1.41 bits per heavy atom. The van der Waals surface area contributed by atoms with Gasteiger partial charge in [-0.25, -0.2) is 4.39 Å². The van der Waals surface area contributed by atoms with Crippen molar-refractivity contribution in [2.75, 3.05) is 38.7 Å². The predicted molar refractivity (Wildman–Crippen MR) is 107 cm³/mol. The number of amides is 1. The van der Waals surface area contributed by atoms with E-state index >= 15 is 0 Å². The number of rotatable bonds is 8. The van der Waals surface area contributed by atoms with Crippen LogP contribution in [0.5, 0.6) is 0 Å². The van der Waals surface area contributed by atoms with Gasteiger partial charge >= 0.3 is 0 Å². The minimum atomic E-state index is -0.785. The lowest BCUT2D eigenvalue weighted by atomic mass is 9.96. The van der Waals surface area contributed by atoms with Crippen molar-refractivity contribution in [3.05, 3.63) is 52.0 Å². The molecule has 1 unspecified atom stereocenters. The number of likely N-dealkylation sites (tertiary alicyclic amines) is 1. The van der Waals surface area contributed by atoms with Gasteiger partial charge in [-0.2, -0.15) is 0 Å². The number of methoxy groups -OCH3 is 1. The van der Waals surface area contributed by atoms with E-state index < -0.39 is 5.54 Å². The average molecular weight is 392 g/mol. The van der Waals surface area contributed by atoms with Gasteiger partial charge in [0.25, 0.3) is 0 Å². The highest BCUT2D eigenvalue weighted by atomic mass is 32.1. The van der Waals surface area contributed by atoms with Crippen LogP contribution in [0.2, 0.25) is 0 Å². The van der Waals surface area contributed by atoms with E-state index in [2.05, 4.69) is 33.9 Å². The molecule has 1 saturated heterocycles. The maximum Gasteiger partial charge on any atom is 0.247 e. The van der Waals surface area contributed by atoms with Crippen molar-refractivity contribution in [2.24, 2.45) is 0 Å². The number of hydrogen-bond acceptors (Lipinski definition) is 5. The molecule has 146 valence electrons. The fourth-order valence-electron chi connectivity index (χ4n) is 3.42. The summed E-state index contributed by atoms with van der Waals surface area (Å²) in [6.45, 7) is 5.21. The molecule has 1 amide bonds. The van der Waals surface area contributed by atoms with Crippen molar-refractivity contribution in [1.82, 2.24) is 10.2 Å². The Labute approximate surface area is 163 Å². The summed E-state index contributed by atoms with van der Waals surface area (Å²) in [6.07, 6.45) is 0.659. The van der Waals surface area contributed by atoms with E-state index in [4.69, 9.17) is 4.74 Å². The molecule has 7 heteroatoms. The number of nitrogens with zero attached hydrogens (tertiary/aromatic N) is 1. The van der Waals surface area contributed by atoms with E-state index in [9.17, 15) is 9.18 Å². The van der Waals surface area contributed by atoms with E-state index in [0.29, 0.717) is 31.8 Å². The van der Waals surface area contributed by atoms with Crippen LogP contribution in [0.3, 0.4) is 0 Å². The minimum absolute atomic E-state index is 0.0748.